The van der Waals surface area contributed by atoms with E-state index in [1.54, 1.807) is 23.1 Å². The van der Waals surface area contributed by atoms with Gasteiger partial charge in [-0.15, -0.1) is 0 Å². The summed E-state index contributed by atoms with van der Waals surface area (Å²) >= 11 is 0. The number of hydrogen-bond acceptors (Lipinski definition) is 5. The maximum atomic E-state index is 13.3. The van der Waals surface area contributed by atoms with Crippen molar-refractivity contribution >= 4 is 17.7 Å². The standard InChI is InChI=1S/C20H22FN5O/c1-12-13(10-22)5-7-15-18(12)26(16-8-6-14(21)11-23-16)19(24-15)25-17(27)9-20(2,3)4/h5-8,11-12,18H,9H2,1-4H3,(H,24,25,27). The van der Waals surface area contributed by atoms with Crippen LogP contribution in [0, 0.1) is 28.5 Å². The largest absolute Gasteiger partial charge is 0.296 e. The number of carbonyl (C=O) groups is 1. The molecule has 0 spiro atoms. The summed E-state index contributed by atoms with van der Waals surface area (Å²) < 4.78 is 13.3. The molecule has 6 nitrogen and oxygen atoms in total. The number of aromatic nitrogens is 1. The summed E-state index contributed by atoms with van der Waals surface area (Å²) in [6, 6.07) is 4.78. The highest BCUT2D eigenvalue weighted by Gasteiger charge is 2.41. The number of carbonyl (C=O) groups excluding carboxylic acids is 1. The molecule has 1 aliphatic carbocycles. The molecule has 7 heteroatoms. The summed E-state index contributed by atoms with van der Waals surface area (Å²) in [5, 5.41) is 12.2. The second-order valence-electron chi connectivity index (χ2n) is 7.98. The van der Waals surface area contributed by atoms with Crippen molar-refractivity contribution in [3.8, 4) is 6.07 Å². The third-order valence-electron chi connectivity index (χ3n) is 4.47. The van der Waals surface area contributed by atoms with E-state index in [-0.39, 0.29) is 23.3 Å². The van der Waals surface area contributed by atoms with Crippen molar-refractivity contribution in [2.45, 2.75) is 40.2 Å². The number of halogens is 1. The number of guanidine groups is 1. The number of amides is 1. The predicted octanol–water partition coefficient (Wildman–Crippen LogP) is 3.30. The van der Waals surface area contributed by atoms with Crippen LogP contribution in [0.5, 0.6) is 0 Å². The zero-order valence-electron chi connectivity index (χ0n) is 15.8. The number of nitrogens with zero attached hydrogens (tertiary/aromatic N) is 4. The average Bonchev–Trinajstić information content (AvgIpc) is 2.93. The Balaban J connectivity index is 1.97. The van der Waals surface area contributed by atoms with Gasteiger partial charge in [0.25, 0.3) is 0 Å². The van der Waals surface area contributed by atoms with Gasteiger partial charge in [-0.1, -0.05) is 27.7 Å². The minimum atomic E-state index is -0.446. The van der Waals surface area contributed by atoms with E-state index < -0.39 is 5.82 Å². The molecule has 2 heterocycles. The fourth-order valence-electron chi connectivity index (χ4n) is 3.26. The van der Waals surface area contributed by atoms with Gasteiger partial charge in [0.2, 0.25) is 11.9 Å². The zero-order valence-corrected chi connectivity index (χ0v) is 15.8. The van der Waals surface area contributed by atoms with Gasteiger partial charge in [-0.2, -0.15) is 5.26 Å². The number of rotatable bonds is 2. The Hall–Kier alpha value is -3.01. The molecule has 27 heavy (non-hydrogen) atoms. The highest BCUT2D eigenvalue weighted by molar-refractivity contribution is 6.08. The molecule has 0 saturated carbocycles. The number of nitrogens with one attached hydrogen (secondary N) is 1. The topological polar surface area (TPSA) is 81.4 Å². The van der Waals surface area contributed by atoms with Crippen molar-refractivity contribution in [2.24, 2.45) is 16.3 Å². The van der Waals surface area contributed by atoms with Gasteiger partial charge in [0.1, 0.15) is 11.6 Å². The molecule has 140 valence electrons. The number of fused-ring (bicyclic) bond motifs is 1. The first-order chi connectivity index (χ1) is 12.7. The molecule has 0 bridgehead atoms. The van der Waals surface area contributed by atoms with E-state index in [2.05, 4.69) is 21.4 Å². The predicted molar refractivity (Wildman–Crippen MR) is 101 cm³/mol. The van der Waals surface area contributed by atoms with Crippen LogP contribution in [0.2, 0.25) is 0 Å². The molecule has 1 aliphatic heterocycles. The molecule has 0 fully saturated rings. The van der Waals surface area contributed by atoms with Gasteiger partial charge in [-0.05, 0) is 29.7 Å². The summed E-state index contributed by atoms with van der Waals surface area (Å²) in [6.45, 7) is 7.88. The van der Waals surface area contributed by atoms with E-state index in [1.165, 1.54) is 6.07 Å². The number of aliphatic imine (C=N–C) groups is 1. The molecule has 1 aromatic rings. The van der Waals surface area contributed by atoms with Crippen LogP contribution in [0.3, 0.4) is 0 Å². The molecule has 0 aromatic carbocycles. The highest BCUT2D eigenvalue weighted by atomic mass is 19.1. The summed E-state index contributed by atoms with van der Waals surface area (Å²) in [7, 11) is 0. The Labute approximate surface area is 158 Å². The van der Waals surface area contributed by atoms with Gasteiger partial charge in [0, 0.05) is 17.9 Å². The van der Waals surface area contributed by atoms with Gasteiger partial charge in [-0.3, -0.25) is 15.0 Å². The molecular weight excluding hydrogens is 345 g/mol. The molecule has 2 unspecified atom stereocenters. The number of pyridine rings is 1. The highest BCUT2D eigenvalue weighted by Crippen LogP contribution is 2.36. The van der Waals surface area contributed by atoms with Crippen LogP contribution >= 0.6 is 0 Å². The first-order valence-corrected chi connectivity index (χ1v) is 8.81. The summed E-state index contributed by atoms with van der Waals surface area (Å²) in [5.41, 5.74) is 1.18. The third-order valence-corrected chi connectivity index (χ3v) is 4.47. The fourth-order valence-corrected chi connectivity index (χ4v) is 3.26. The minimum absolute atomic E-state index is 0.150. The van der Waals surface area contributed by atoms with Gasteiger partial charge in [0.15, 0.2) is 0 Å². The molecule has 0 radical (unpaired) electrons. The smallest absolute Gasteiger partial charge is 0.227 e. The molecule has 1 aromatic heterocycles. The number of anilines is 1. The van der Waals surface area contributed by atoms with Crippen LogP contribution in [-0.4, -0.2) is 22.9 Å². The third kappa shape index (κ3) is 3.90. The zero-order chi connectivity index (χ0) is 19.8. The lowest BCUT2D eigenvalue weighted by molar-refractivity contribution is -0.121. The Morgan fingerprint density at radius 3 is 2.70 bits per heavy atom. The van der Waals surface area contributed by atoms with E-state index >= 15 is 0 Å². The molecule has 2 atom stereocenters. The molecule has 3 rings (SSSR count). The van der Waals surface area contributed by atoms with Crippen LogP contribution in [-0.2, 0) is 4.79 Å². The maximum absolute atomic E-state index is 13.3. The Bertz CT molecular complexity index is 886. The van der Waals surface area contributed by atoms with Crippen LogP contribution in [0.1, 0.15) is 34.1 Å². The SMILES string of the molecule is CC1C(C#N)=CC=C2N=C(NC(=O)CC(C)(C)C)N(c3ccc(F)cn3)C21. The molecule has 2 aliphatic rings. The van der Waals surface area contributed by atoms with Crippen molar-refractivity contribution in [3.05, 3.63) is 47.6 Å². The fraction of sp³-hybridized carbons (Fsp3) is 0.400. The van der Waals surface area contributed by atoms with E-state index in [9.17, 15) is 14.4 Å². The lowest BCUT2D eigenvalue weighted by Crippen LogP contribution is -2.49. The van der Waals surface area contributed by atoms with E-state index in [0.717, 1.165) is 11.9 Å². The van der Waals surface area contributed by atoms with E-state index in [0.29, 0.717) is 23.8 Å². The second kappa shape index (κ2) is 6.95. The number of nitriles is 1. The summed E-state index contributed by atoms with van der Waals surface area (Å²) in [5.74, 6) is 0.0549. The Kier molecular flexibility index (Phi) is 4.83. The van der Waals surface area contributed by atoms with E-state index in [4.69, 9.17) is 0 Å². The molecular formula is C20H22FN5O. The lowest BCUT2D eigenvalue weighted by atomic mass is 9.87. The Morgan fingerprint density at radius 2 is 2.11 bits per heavy atom. The van der Waals surface area contributed by atoms with Crippen molar-refractivity contribution < 1.29 is 9.18 Å². The summed E-state index contributed by atoms with van der Waals surface area (Å²) in [4.78, 5) is 23.0. The van der Waals surface area contributed by atoms with Crippen LogP contribution in [0.4, 0.5) is 10.2 Å². The van der Waals surface area contributed by atoms with Crippen molar-refractivity contribution in [1.82, 2.24) is 10.3 Å². The monoisotopic (exact) mass is 367 g/mol. The number of hydrogen-bond donors (Lipinski definition) is 1. The first-order valence-electron chi connectivity index (χ1n) is 8.81. The maximum Gasteiger partial charge on any atom is 0.227 e. The summed E-state index contributed by atoms with van der Waals surface area (Å²) in [6.07, 6.45) is 4.98. The normalized spacial score (nSPS) is 21.6. The van der Waals surface area contributed by atoms with Gasteiger partial charge in [-0.25, -0.2) is 14.4 Å². The first kappa shape index (κ1) is 18.8. The van der Waals surface area contributed by atoms with Gasteiger partial charge in [0.05, 0.1) is 24.0 Å². The molecule has 1 N–H and O–H groups in total. The van der Waals surface area contributed by atoms with Crippen molar-refractivity contribution in [1.29, 1.82) is 5.26 Å². The van der Waals surface area contributed by atoms with Crippen LogP contribution in [0.25, 0.3) is 0 Å². The van der Waals surface area contributed by atoms with Crippen molar-refractivity contribution in [3.63, 3.8) is 0 Å². The van der Waals surface area contributed by atoms with Gasteiger partial charge >= 0.3 is 0 Å². The van der Waals surface area contributed by atoms with Gasteiger partial charge < -0.3 is 0 Å². The van der Waals surface area contributed by atoms with E-state index in [1.807, 2.05) is 27.7 Å². The van der Waals surface area contributed by atoms with Crippen LogP contribution < -0.4 is 10.2 Å². The van der Waals surface area contributed by atoms with Crippen LogP contribution in [0.15, 0.2) is 46.7 Å². The minimum Gasteiger partial charge on any atom is -0.296 e. The number of allylic oxidation sites excluding steroid dienone is 2. The average molecular weight is 367 g/mol. The second-order valence-corrected chi connectivity index (χ2v) is 7.98. The lowest BCUT2D eigenvalue weighted by Gasteiger charge is -2.32. The Morgan fingerprint density at radius 1 is 1.37 bits per heavy atom. The molecule has 0 saturated heterocycles. The quantitative estimate of drug-likeness (QED) is 0.869. The molecule has 1 amide bonds. The van der Waals surface area contributed by atoms with Crippen molar-refractivity contribution in [2.75, 3.05) is 4.90 Å².